The van der Waals surface area contributed by atoms with E-state index < -0.39 is 0 Å². The Morgan fingerprint density at radius 2 is 2.31 bits per heavy atom. The average Bonchev–Trinajstić information content (AvgIpc) is 2.48. The van der Waals surface area contributed by atoms with Crippen molar-refractivity contribution < 1.29 is 0 Å². The normalized spacial score (nSPS) is 11.3. The molecule has 0 amide bonds. The van der Waals surface area contributed by atoms with Crippen LogP contribution in [0.4, 0.5) is 0 Å². The van der Waals surface area contributed by atoms with Crippen LogP contribution < -0.4 is 5.56 Å². The van der Waals surface area contributed by atoms with Crippen molar-refractivity contribution in [2.75, 3.05) is 0 Å². The SMILES string of the molecule is CC(C)n1cnc2c(=O)[nH]ncc21. The fourth-order valence-corrected chi connectivity index (χ4v) is 1.29. The van der Waals surface area contributed by atoms with E-state index in [-0.39, 0.29) is 11.6 Å². The highest BCUT2D eigenvalue weighted by Gasteiger charge is 2.07. The number of fused-ring (bicyclic) bond motifs is 1. The van der Waals surface area contributed by atoms with Gasteiger partial charge in [-0.2, -0.15) is 5.10 Å². The predicted molar refractivity (Wildman–Crippen MR) is 48.5 cm³/mol. The molecule has 2 rings (SSSR count). The van der Waals surface area contributed by atoms with Gasteiger partial charge >= 0.3 is 0 Å². The van der Waals surface area contributed by atoms with Crippen molar-refractivity contribution in [2.45, 2.75) is 19.9 Å². The van der Waals surface area contributed by atoms with Crippen molar-refractivity contribution in [1.29, 1.82) is 0 Å². The molecule has 0 unspecified atom stereocenters. The summed E-state index contributed by atoms with van der Waals surface area (Å²) in [6.45, 7) is 4.06. The molecule has 0 aliphatic heterocycles. The van der Waals surface area contributed by atoms with Crippen molar-refractivity contribution in [2.24, 2.45) is 0 Å². The fourth-order valence-electron chi connectivity index (χ4n) is 1.29. The molecule has 2 aromatic heterocycles. The summed E-state index contributed by atoms with van der Waals surface area (Å²) in [7, 11) is 0. The lowest BCUT2D eigenvalue weighted by molar-refractivity contribution is 0.616. The van der Waals surface area contributed by atoms with Crippen LogP contribution in [-0.2, 0) is 0 Å². The van der Waals surface area contributed by atoms with E-state index in [1.165, 1.54) is 0 Å². The number of aromatic amines is 1. The molecule has 13 heavy (non-hydrogen) atoms. The smallest absolute Gasteiger partial charge is 0.292 e. The van der Waals surface area contributed by atoms with Gasteiger partial charge in [-0.05, 0) is 13.8 Å². The molecule has 0 saturated heterocycles. The molecule has 0 aliphatic rings. The molecule has 0 fully saturated rings. The van der Waals surface area contributed by atoms with E-state index >= 15 is 0 Å². The Labute approximate surface area is 74.4 Å². The standard InChI is InChI=1S/C8H10N4O/c1-5(2)12-4-9-7-6(12)3-10-11-8(7)13/h3-5H,1-2H3,(H,11,13). The summed E-state index contributed by atoms with van der Waals surface area (Å²) in [4.78, 5) is 15.2. The summed E-state index contributed by atoms with van der Waals surface area (Å²) < 4.78 is 1.91. The number of aromatic nitrogens is 4. The Morgan fingerprint density at radius 3 is 3.00 bits per heavy atom. The topological polar surface area (TPSA) is 63.6 Å². The molecular formula is C8H10N4O. The molecule has 0 atom stereocenters. The average molecular weight is 178 g/mol. The van der Waals surface area contributed by atoms with Crippen LogP contribution in [0.2, 0.25) is 0 Å². The Morgan fingerprint density at radius 1 is 1.54 bits per heavy atom. The Bertz CT molecular complexity index is 482. The van der Waals surface area contributed by atoms with Crippen molar-refractivity contribution in [1.82, 2.24) is 19.7 Å². The van der Waals surface area contributed by atoms with Crippen LogP contribution in [0.25, 0.3) is 11.0 Å². The largest absolute Gasteiger partial charge is 0.327 e. The van der Waals surface area contributed by atoms with Crippen molar-refractivity contribution in [3.05, 3.63) is 22.9 Å². The van der Waals surface area contributed by atoms with Gasteiger partial charge in [0.15, 0.2) is 5.52 Å². The Balaban J connectivity index is 2.83. The number of H-pyrrole nitrogens is 1. The van der Waals surface area contributed by atoms with E-state index in [0.29, 0.717) is 5.52 Å². The number of nitrogens with zero attached hydrogens (tertiary/aromatic N) is 3. The second-order valence-corrected chi connectivity index (χ2v) is 3.18. The first-order valence-corrected chi connectivity index (χ1v) is 4.10. The zero-order chi connectivity index (χ0) is 9.42. The summed E-state index contributed by atoms with van der Waals surface area (Å²) in [5.74, 6) is 0. The molecule has 5 heteroatoms. The maximum atomic E-state index is 11.2. The van der Waals surface area contributed by atoms with E-state index in [9.17, 15) is 4.79 Å². The second kappa shape index (κ2) is 2.69. The van der Waals surface area contributed by atoms with Gasteiger partial charge in [-0.25, -0.2) is 10.1 Å². The van der Waals surface area contributed by atoms with Gasteiger partial charge in [-0.3, -0.25) is 4.79 Å². The van der Waals surface area contributed by atoms with Gasteiger partial charge in [-0.1, -0.05) is 0 Å². The number of imidazole rings is 1. The summed E-state index contributed by atoms with van der Waals surface area (Å²) in [6.07, 6.45) is 3.27. The number of rotatable bonds is 1. The van der Waals surface area contributed by atoms with Crippen LogP contribution in [0.1, 0.15) is 19.9 Å². The number of nitrogens with one attached hydrogen (secondary N) is 1. The Hall–Kier alpha value is -1.65. The first-order valence-electron chi connectivity index (χ1n) is 4.10. The van der Waals surface area contributed by atoms with Crippen molar-refractivity contribution >= 4 is 11.0 Å². The van der Waals surface area contributed by atoms with Crippen molar-refractivity contribution in [3.63, 3.8) is 0 Å². The van der Waals surface area contributed by atoms with Gasteiger partial charge in [0, 0.05) is 6.04 Å². The van der Waals surface area contributed by atoms with E-state index in [2.05, 4.69) is 15.2 Å². The third-order valence-electron chi connectivity index (χ3n) is 1.96. The van der Waals surface area contributed by atoms with Crippen LogP contribution in [0, 0.1) is 0 Å². The zero-order valence-electron chi connectivity index (χ0n) is 7.48. The van der Waals surface area contributed by atoms with E-state index in [1.807, 2.05) is 18.4 Å². The van der Waals surface area contributed by atoms with Crippen molar-refractivity contribution in [3.8, 4) is 0 Å². The molecule has 0 radical (unpaired) electrons. The fraction of sp³-hybridized carbons (Fsp3) is 0.375. The van der Waals surface area contributed by atoms with E-state index in [4.69, 9.17) is 0 Å². The van der Waals surface area contributed by atoms with Gasteiger partial charge in [-0.15, -0.1) is 0 Å². The highest BCUT2D eigenvalue weighted by molar-refractivity contribution is 5.72. The molecule has 2 heterocycles. The summed E-state index contributed by atoms with van der Waals surface area (Å²) in [5, 5.41) is 6.07. The summed E-state index contributed by atoms with van der Waals surface area (Å²) in [6, 6.07) is 0.286. The van der Waals surface area contributed by atoms with Crippen LogP contribution in [0.15, 0.2) is 17.3 Å². The van der Waals surface area contributed by atoms with E-state index in [0.717, 1.165) is 5.52 Å². The minimum Gasteiger partial charge on any atom is -0.327 e. The predicted octanol–water partition coefficient (Wildman–Crippen LogP) is 0.700. The van der Waals surface area contributed by atoms with Gasteiger partial charge in [0.2, 0.25) is 0 Å². The first kappa shape index (κ1) is 7.97. The molecule has 2 aromatic rings. The van der Waals surface area contributed by atoms with Gasteiger partial charge in [0.1, 0.15) is 0 Å². The number of hydrogen-bond acceptors (Lipinski definition) is 3. The third kappa shape index (κ3) is 1.12. The summed E-state index contributed by atoms with van der Waals surface area (Å²) >= 11 is 0. The minimum absolute atomic E-state index is 0.239. The van der Waals surface area contributed by atoms with Crippen LogP contribution in [0.5, 0.6) is 0 Å². The van der Waals surface area contributed by atoms with Gasteiger partial charge in [0.25, 0.3) is 5.56 Å². The molecule has 5 nitrogen and oxygen atoms in total. The maximum absolute atomic E-state index is 11.2. The van der Waals surface area contributed by atoms with Crippen LogP contribution in [0.3, 0.4) is 0 Å². The minimum atomic E-state index is -0.239. The van der Waals surface area contributed by atoms with Gasteiger partial charge < -0.3 is 4.57 Å². The molecular weight excluding hydrogens is 168 g/mol. The molecule has 0 aromatic carbocycles. The molecule has 68 valence electrons. The lowest BCUT2D eigenvalue weighted by Crippen LogP contribution is -2.08. The van der Waals surface area contributed by atoms with E-state index in [1.54, 1.807) is 12.5 Å². The number of hydrogen-bond donors (Lipinski definition) is 1. The maximum Gasteiger partial charge on any atom is 0.292 e. The third-order valence-corrected chi connectivity index (χ3v) is 1.96. The van der Waals surface area contributed by atoms with Crippen LogP contribution >= 0.6 is 0 Å². The lowest BCUT2D eigenvalue weighted by atomic mass is 10.3. The monoisotopic (exact) mass is 178 g/mol. The second-order valence-electron chi connectivity index (χ2n) is 3.18. The highest BCUT2D eigenvalue weighted by atomic mass is 16.1. The Kier molecular flexibility index (Phi) is 1.65. The molecule has 1 N–H and O–H groups in total. The lowest BCUT2D eigenvalue weighted by Gasteiger charge is -2.06. The van der Waals surface area contributed by atoms with Gasteiger partial charge in [0.05, 0.1) is 18.0 Å². The first-order chi connectivity index (χ1) is 6.20. The molecule has 0 aliphatic carbocycles. The molecule has 0 saturated carbocycles. The quantitative estimate of drug-likeness (QED) is 0.699. The summed E-state index contributed by atoms with van der Waals surface area (Å²) in [5.41, 5.74) is 0.986. The highest BCUT2D eigenvalue weighted by Crippen LogP contribution is 2.12. The zero-order valence-corrected chi connectivity index (χ0v) is 7.48. The molecule has 0 bridgehead atoms. The molecule has 0 spiro atoms. The van der Waals surface area contributed by atoms with Crippen LogP contribution in [-0.4, -0.2) is 19.7 Å².